The summed E-state index contributed by atoms with van der Waals surface area (Å²) in [6.07, 6.45) is 6.10. The number of fused-ring (bicyclic) bond motifs is 2. The third kappa shape index (κ3) is 4.31. The van der Waals surface area contributed by atoms with Crippen molar-refractivity contribution in [3.8, 4) is 28.7 Å². The standard InChI is InChI=1S/C26H35NO5.ClH/c1-27-12-11-26(9-7-8-10-26)19-16-21(29-3)20(28-2)15-18(19)24(27)17-13-22(30-4)25(32-6)23(14-17)31-5;/h13-16,24H,7-12H2,1-6H3;1H. The number of nitrogens with zero attached hydrogens (tertiary/aromatic N) is 1. The van der Waals surface area contributed by atoms with Gasteiger partial charge in [-0.1, -0.05) is 12.8 Å². The van der Waals surface area contributed by atoms with E-state index in [-0.39, 0.29) is 23.9 Å². The zero-order chi connectivity index (χ0) is 22.9. The summed E-state index contributed by atoms with van der Waals surface area (Å²) in [6.45, 7) is 1.00. The van der Waals surface area contributed by atoms with Gasteiger partial charge in [0.05, 0.1) is 41.6 Å². The van der Waals surface area contributed by atoms with E-state index in [0.29, 0.717) is 17.2 Å². The third-order valence-corrected chi connectivity index (χ3v) is 7.37. The predicted octanol–water partition coefficient (Wildman–Crippen LogP) is 5.39. The molecule has 1 aliphatic carbocycles. The Labute approximate surface area is 203 Å². The average molecular weight is 478 g/mol. The molecule has 0 saturated heterocycles. The van der Waals surface area contributed by atoms with Gasteiger partial charge in [-0.05, 0) is 79.2 Å². The molecule has 1 unspecified atom stereocenters. The van der Waals surface area contributed by atoms with Gasteiger partial charge in [0.1, 0.15) is 0 Å². The van der Waals surface area contributed by atoms with Crippen molar-refractivity contribution in [2.75, 3.05) is 49.1 Å². The molecule has 0 amide bonds. The first kappa shape index (κ1) is 25.3. The minimum atomic E-state index is 0. The lowest BCUT2D eigenvalue weighted by atomic mass is 9.73. The van der Waals surface area contributed by atoms with Gasteiger partial charge < -0.3 is 23.7 Å². The van der Waals surface area contributed by atoms with Crippen LogP contribution in [0.2, 0.25) is 0 Å². The topological polar surface area (TPSA) is 49.4 Å². The van der Waals surface area contributed by atoms with Crippen LogP contribution in [0.3, 0.4) is 0 Å². The Balaban J connectivity index is 0.00000306. The summed E-state index contributed by atoms with van der Waals surface area (Å²) >= 11 is 0. The lowest BCUT2D eigenvalue weighted by molar-refractivity contribution is 0.259. The van der Waals surface area contributed by atoms with E-state index >= 15 is 0 Å². The molecule has 1 fully saturated rings. The normalized spacial score (nSPS) is 19.3. The van der Waals surface area contributed by atoms with E-state index in [0.717, 1.165) is 30.0 Å². The summed E-state index contributed by atoms with van der Waals surface area (Å²) in [7, 11) is 10.6. The Hall–Kier alpha value is -2.31. The molecule has 2 aromatic carbocycles. The number of methoxy groups -OCH3 is 5. The number of hydrogen-bond donors (Lipinski definition) is 0. The van der Waals surface area contributed by atoms with Crippen LogP contribution in [0, 0.1) is 0 Å². The Morgan fingerprint density at radius 2 is 1.27 bits per heavy atom. The molecule has 2 aromatic rings. The Morgan fingerprint density at radius 1 is 0.727 bits per heavy atom. The smallest absolute Gasteiger partial charge is 0.203 e. The first-order chi connectivity index (χ1) is 15.5. The molecule has 1 heterocycles. The highest BCUT2D eigenvalue weighted by atomic mass is 35.5. The Morgan fingerprint density at radius 3 is 1.79 bits per heavy atom. The maximum absolute atomic E-state index is 5.73. The number of hydrogen-bond acceptors (Lipinski definition) is 6. The molecule has 1 atom stereocenters. The fourth-order valence-electron chi connectivity index (χ4n) is 5.74. The lowest BCUT2D eigenvalue weighted by Crippen LogP contribution is -2.27. The van der Waals surface area contributed by atoms with Crippen molar-refractivity contribution in [3.05, 3.63) is 41.0 Å². The minimum Gasteiger partial charge on any atom is -0.493 e. The highest BCUT2D eigenvalue weighted by Crippen LogP contribution is 2.53. The van der Waals surface area contributed by atoms with Crippen molar-refractivity contribution < 1.29 is 23.7 Å². The molecular formula is C26H36ClNO5. The molecule has 0 aromatic heterocycles. The van der Waals surface area contributed by atoms with Crippen LogP contribution in [0.25, 0.3) is 0 Å². The van der Waals surface area contributed by atoms with Crippen LogP contribution < -0.4 is 23.7 Å². The molecule has 0 radical (unpaired) electrons. The quantitative estimate of drug-likeness (QED) is 0.556. The van der Waals surface area contributed by atoms with Gasteiger partial charge in [0.25, 0.3) is 0 Å². The summed E-state index contributed by atoms with van der Waals surface area (Å²) in [5, 5.41) is 0. The van der Waals surface area contributed by atoms with Crippen LogP contribution in [-0.2, 0) is 5.41 Å². The number of halogens is 1. The molecule has 2 aliphatic rings. The van der Waals surface area contributed by atoms with Gasteiger partial charge >= 0.3 is 0 Å². The van der Waals surface area contributed by atoms with Crippen LogP contribution in [0.15, 0.2) is 24.3 Å². The van der Waals surface area contributed by atoms with Crippen molar-refractivity contribution in [2.24, 2.45) is 0 Å². The van der Waals surface area contributed by atoms with Crippen LogP contribution in [-0.4, -0.2) is 54.0 Å². The van der Waals surface area contributed by atoms with Crippen LogP contribution >= 0.6 is 12.4 Å². The van der Waals surface area contributed by atoms with Crippen LogP contribution in [0.5, 0.6) is 28.7 Å². The summed E-state index contributed by atoms with van der Waals surface area (Å²) in [5.74, 6) is 3.49. The number of rotatable bonds is 6. The second-order valence-corrected chi connectivity index (χ2v) is 8.87. The fraction of sp³-hybridized carbons (Fsp3) is 0.538. The SMILES string of the molecule is COc1cc2c(cc1OC)C1(CCCC1)CCN(C)C2c1cc(OC)c(OC)c(OC)c1.Cl. The summed E-state index contributed by atoms with van der Waals surface area (Å²) in [5.41, 5.74) is 3.93. The van der Waals surface area contributed by atoms with Crippen LogP contribution in [0.4, 0.5) is 0 Å². The summed E-state index contributed by atoms with van der Waals surface area (Å²) in [4.78, 5) is 2.43. The van der Waals surface area contributed by atoms with E-state index in [2.05, 4.69) is 36.2 Å². The molecule has 1 spiro atoms. The zero-order valence-corrected chi connectivity index (χ0v) is 21.3. The van der Waals surface area contributed by atoms with E-state index in [1.54, 1.807) is 35.5 Å². The second-order valence-electron chi connectivity index (χ2n) is 8.87. The van der Waals surface area contributed by atoms with Gasteiger partial charge in [0.2, 0.25) is 5.75 Å². The molecule has 1 saturated carbocycles. The minimum absolute atomic E-state index is 0. The van der Waals surface area contributed by atoms with Crippen molar-refractivity contribution >= 4 is 12.4 Å². The third-order valence-electron chi connectivity index (χ3n) is 7.37. The maximum Gasteiger partial charge on any atom is 0.203 e. The molecule has 33 heavy (non-hydrogen) atoms. The number of benzene rings is 2. The van der Waals surface area contributed by atoms with Gasteiger partial charge in [-0.15, -0.1) is 12.4 Å². The van der Waals surface area contributed by atoms with Gasteiger partial charge in [-0.3, -0.25) is 4.90 Å². The van der Waals surface area contributed by atoms with Gasteiger partial charge in [-0.2, -0.15) is 0 Å². The van der Waals surface area contributed by atoms with E-state index in [4.69, 9.17) is 23.7 Å². The molecule has 7 heteroatoms. The van der Waals surface area contributed by atoms with Crippen molar-refractivity contribution in [1.82, 2.24) is 4.90 Å². The van der Waals surface area contributed by atoms with Gasteiger partial charge in [0.15, 0.2) is 23.0 Å². The lowest BCUT2D eigenvalue weighted by Gasteiger charge is -2.31. The van der Waals surface area contributed by atoms with Crippen molar-refractivity contribution in [1.29, 1.82) is 0 Å². The average Bonchev–Trinajstić information content (AvgIpc) is 3.27. The van der Waals surface area contributed by atoms with Crippen molar-refractivity contribution in [2.45, 2.75) is 43.6 Å². The second kappa shape index (κ2) is 10.3. The Kier molecular flexibility index (Phi) is 7.91. The van der Waals surface area contributed by atoms with Crippen molar-refractivity contribution in [3.63, 3.8) is 0 Å². The highest BCUT2D eigenvalue weighted by molar-refractivity contribution is 5.85. The zero-order valence-electron chi connectivity index (χ0n) is 20.5. The first-order valence-corrected chi connectivity index (χ1v) is 11.3. The van der Waals surface area contributed by atoms with Crippen LogP contribution in [0.1, 0.15) is 54.8 Å². The molecule has 1 aliphatic heterocycles. The largest absolute Gasteiger partial charge is 0.493 e. The van der Waals surface area contributed by atoms with E-state index in [9.17, 15) is 0 Å². The molecular weight excluding hydrogens is 442 g/mol. The summed E-state index contributed by atoms with van der Waals surface area (Å²) in [6, 6.07) is 8.55. The summed E-state index contributed by atoms with van der Waals surface area (Å²) < 4.78 is 28.4. The first-order valence-electron chi connectivity index (χ1n) is 11.3. The molecule has 182 valence electrons. The van der Waals surface area contributed by atoms with Gasteiger partial charge in [-0.25, -0.2) is 0 Å². The van der Waals surface area contributed by atoms with E-state index in [1.165, 1.54) is 36.8 Å². The molecule has 0 bridgehead atoms. The maximum atomic E-state index is 5.73. The fourth-order valence-corrected chi connectivity index (χ4v) is 5.74. The number of ether oxygens (including phenoxy) is 5. The Bertz CT molecular complexity index is 948. The highest BCUT2D eigenvalue weighted by Gasteiger charge is 2.42. The predicted molar refractivity (Wildman–Crippen MR) is 132 cm³/mol. The monoisotopic (exact) mass is 477 g/mol. The molecule has 6 nitrogen and oxygen atoms in total. The van der Waals surface area contributed by atoms with E-state index < -0.39 is 0 Å². The van der Waals surface area contributed by atoms with E-state index in [1.807, 2.05) is 0 Å². The molecule has 4 rings (SSSR count). The van der Waals surface area contributed by atoms with Gasteiger partial charge in [0, 0.05) is 0 Å². The molecule has 0 N–H and O–H groups in total.